The molecule has 0 aliphatic heterocycles. The minimum atomic E-state index is -4.15. The maximum atomic E-state index is 12.9. The first-order valence-corrected chi connectivity index (χ1v) is 8.97. The number of rotatable bonds is 6. The minimum absolute atomic E-state index is 0.0931. The van der Waals surface area contributed by atoms with E-state index in [9.17, 15) is 13.2 Å². The fourth-order valence-corrected chi connectivity index (χ4v) is 3.71. The molecule has 0 saturated heterocycles. The number of pyridine rings is 1. The van der Waals surface area contributed by atoms with Crippen molar-refractivity contribution in [2.24, 2.45) is 0 Å². The van der Waals surface area contributed by atoms with Gasteiger partial charge in [0.25, 0.3) is 10.0 Å². The van der Waals surface area contributed by atoms with Crippen LogP contribution >= 0.6 is 0 Å². The van der Waals surface area contributed by atoms with E-state index in [2.05, 4.69) is 19.6 Å². The van der Waals surface area contributed by atoms with Gasteiger partial charge < -0.3 is 18.7 Å². The smallest absolute Gasteiger partial charge is 0.339 e. The summed E-state index contributed by atoms with van der Waals surface area (Å²) >= 11 is 0. The van der Waals surface area contributed by atoms with Gasteiger partial charge in [-0.1, -0.05) is 11.2 Å². The zero-order valence-corrected chi connectivity index (χ0v) is 15.4. The summed E-state index contributed by atoms with van der Waals surface area (Å²) in [5.41, 5.74) is 0.379. The number of carbonyl (C=O) groups excluding carboxylic acids is 1. The van der Waals surface area contributed by atoms with Gasteiger partial charge >= 0.3 is 5.97 Å². The van der Waals surface area contributed by atoms with Crippen molar-refractivity contribution in [1.82, 2.24) is 10.1 Å². The molecule has 11 heteroatoms. The van der Waals surface area contributed by atoms with Gasteiger partial charge in [-0.15, -0.1) is 0 Å². The number of carbonyl (C=O) groups is 1. The molecule has 27 heavy (non-hydrogen) atoms. The van der Waals surface area contributed by atoms with E-state index in [-0.39, 0.29) is 38.9 Å². The number of anilines is 1. The van der Waals surface area contributed by atoms with E-state index < -0.39 is 16.0 Å². The summed E-state index contributed by atoms with van der Waals surface area (Å²) < 4.78 is 48.0. The van der Waals surface area contributed by atoms with Gasteiger partial charge in [0.1, 0.15) is 11.5 Å². The monoisotopic (exact) mass is 393 g/mol. The van der Waals surface area contributed by atoms with Crippen LogP contribution in [0.2, 0.25) is 0 Å². The molecule has 0 aliphatic carbocycles. The van der Waals surface area contributed by atoms with Crippen LogP contribution in [-0.4, -0.2) is 45.9 Å². The number of hydrogen-bond donors (Lipinski definition) is 1. The summed E-state index contributed by atoms with van der Waals surface area (Å²) in [6.07, 6.45) is 1.23. The molecule has 0 spiro atoms. The average molecular weight is 393 g/mol. The summed E-state index contributed by atoms with van der Waals surface area (Å²) in [5.74, 6) is -0.567. The van der Waals surface area contributed by atoms with Crippen LogP contribution in [0.4, 0.5) is 5.82 Å². The van der Waals surface area contributed by atoms with Crippen molar-refractivity contribution in [2.45, 2.75) is 4.90 Å². The Morgan fingerprint density at radius 1 is 1.15 bits per heavy atom. The number of benzene rings is 1. The highest BCUT2D eigenvalue weighted by molar-refractivity contribution is 7.93. The van der Waals surface area contributed by atoms with Crippen molar-refractivity contribution in [1.29, 1.82) is 0 Å². The Morgan fingerprint density at radius 3 is 2.41 bits per heavy atom. The lowest BCUT2D eigenvalue weighted by Crippen LogP contribution is -2.16. The predicted octanol–water partition coefficient (Wildman–Crippen LogP) is 1.83. The number of esters is 1. The summed E-state index contributed by atoms with van der Waals surface area (Å²) in [5, 5.41) is 3.68. The Bertz CT molecular complexity index is 1090. The summed E-state index contributed by atoms with van der Waals surface area (Å²) in [6, 6.07) is 5.92. The van der Waals surface area contributed by atoms with E-state index in [0.29, 0.717) is 0 Å². The zero-order chi connectivity index (χ0) is 19.6. The summed E-state index contributed by atoms with van der Waals surface area (Å²) in [7, 11) is -0.231. The van der Waals surface area contributed by atoms with Gasteiger partial charge in [0.15, 0.2) is 16.0 Å². The van der Waals surface area contributed by atoms with E-state index in [4.69, 9.17) is 14.0 Å². The maximum Gasteiger partial charge on any atom is 0.339 e. The molecule has 0 unspecified atom stereocenters. The van der Waals surface area contributed by atoms with Gasteiger partial charge in [-0.05, 0) is 12.1 Å². The summed E-state index contributed by atoms with van der Waals surface area (Å²) in [4.78, 5) is 15.4. The lowest BCUT2D eigenvalue weighted by Gasteiger charge is -2.13. The van der Waals surface area contributed by atoms with Crippen LogP contribution in [0, 0.1) is 0 Å². The molecule has 2 aromatic heterocycles. The molecular formula is C16H15N3O7S. The molecule has 0 atom stereocenters. The largest absolute Gasteiger partial charge is 0.495 e. The Labute approximate surface area is 154 Å². The highest BCUT2D eigenvalue weighted by Gasteiger charge is 2.27. The van der Waals surface area contributed by atoms with Crippen LogP contribution in [-0.2, 0) is 14.8 Å². The Morgan fingerprint density at radius 2 is 1.81 bits per heavy atom. The van der Waals surface area contributed by atoms with Gasteiger partial charge in [0, 0.05) is 12.3 Å². The molecule has 1 N–H and O–H groups in total. The third-order valence-electron chi connectivity index (χ3n) is 3.62. The Balaban J connectivity index is 2.04. The van der Waals surface area contributed by atoms with Crippen molar-refractivity contribution in [2.75, 3.05) is 26.1 Å². The molecule has 0 amide bonds. The Hall–Kier alpha value is -3.34. The van der Waals surface area contributed by atoms with Crippen LogP contribution in [0.1, 0.15) is 10.4 Å². The second-order valence-corrected chi connectivity index (χ2v) is 6.81. The van der Waals surface area contributed by atoms with Crippen molar-refractivity contribution >= 4 is 32.9 Å². The van der Waals surface area contributed by atoms with Crippen molar-refractivity contribution < 1.29 is 31.9 Å². The lowest BCUT2D eigenvalue weighted by atomic mass is 10.2. The fraction of sp³-hybridized carbons (Fsp3) is 0.188. The third kappa shape index (κ3) is 3.36. The van der Waals surface area contributed by atoms with Crippen LogP contribution in [0.5, 0.6) is 11.5 Å². The highest BCUT2D eigenvalue weighted by atomic mass is 32.2. The quantitative estimate of drug-likeness (QED) is 0.623. The SMILES string of the molecule is COC(=O)c1cnc2c(NS(=O)(=O)c3c(OC)cccc3OC)noc2c1. The molecule has 10 nitrogen and oxygen atoms in total. The highest BCUT2D eigenvalue weighted by Crippen LogP contribution is 2.34. The van der Waals surface area contributed by atoms with E-state index in [0.717, 1.165) is 0 Å². The molecule has 0 aliphatic rings. The molecule has 1 aromatic carbocycles. The molecule has 0 saturated carbocycles. The third-order valence-corrected chi connectivity index (χ3v) is 5.02. The fourth-order valence-electron chi connectivity index (χ4n) is 2.39. The molecular weight excluding hydrogens is 378 g/mol. The summed E-state index contributed by atoms with van der Waals surface area (Å²) in [6.45, 7) is 0. The minimum Gasteiger partial charge on any atom is -0.495 e. The van der Waals surface area contributed by atoms with Gasteiger partial charge in [-0.25, -0.2) is 18.2 Å². The first kappa shape index (κ1) is 18.5. The number of hydrogen-bond acceptors (Lipinski definition) is 9. The molecule has 0 bridgehead atoms. The van der Waals surface area contributed by atoms with Crippen molar-refractivity contribution in [3.05, 3.63) is 36.0 Å². The molecule has 3 aromatic rings. The topological polar surface area (TPSA) is 130 Å². The van der Waals surface area contributed by atoms with Crippen molar-refractivity contribution in [3.63, 3.8) is 0 Å². The number of ether oxygens (including phenoxy) is 3. The number of nitrogens with one attached hydrogen (secondary N) is 1. The van der Waals surface area contributed by atoms with E-state index in [1.165, 1.54) is 45.7 Å². The molecule has 0 fully saturated rings. The van der Waals surface area contributed by atoms with Crippen molar-refractivity contribution in [3.8, 4) is 11.5 Å². The number of nitrogens with zero attached hydrogens (tertiary/aromatic N) is 2. The van der Waals surface area contributed by atoms with Crippen LogP contribution in [0.15, 0.2) is 39.9 Å². The van der Waals surface area contributed by atoms with E-state index >= 15 is 0 Å². The first-order valence-electron chi connectivity index (χ1n) is 7.48. The van der Waals surface area contributed by atoms with Gasteiger partial charge in [0.05, 0.1) is 26.9 Å². The molecule has 0 radical (unpaired) electrons. The number of sulfonamides is 1. The standard InChI is InChI=1S/C16H15N3O7S/c1-23-10-5-4-6-11(24-2)14(10)27(21,22)19-15-13-12(26-18-15)7-9(8-17-13)16(20)25-3/h4-8H,1-3H3,(H,18,19). The molecule has 3 rings (SSSR count). The normalized spacial score (nSPS) is 11.2. The van der Waals surface area contributed by atoms with E-state index in [1.807, 2.05) is 0 Å². The average Bonchev–Trinajstić information content (AvgIpc) is 3.07. The number of aromatic nitrogens is 2. The first-order chi connectivity index (χ1) is 12.9. The molecule has 142 valence electrons. The number of fused-ring (bicyclic) bond motifs is 1. The second kappa shape index (κ2) is 7.11. The number of methoxy groups -OCH3 is 3. The van der Waals surface area contributed by atoms with Crippen LogP contribution < -0.4 is 14.2 Å². The van der Waals surface area contributed by atoms with Gasteiger partial charge in [-0.2, -0.15) is 0 Å². The lowest BCUT2D eigenvalue weighted by molar-refractivity contribution is 0.0600. The Kier molecular flexibility index (Phi) is 4.86. The van der Waals surface area contributed by atoms with Crippen LogP contribution in [0.25, 0.3) is 11.1 Å². The second-order valence-electron chi connectivity index (χ2n) is 5.19. The maximum absolute atomic E-state index is 12.9. The zero-order valence-electron chi connectivity index (χ0n) is 14.5. The van der Waals surface area contributed by atoms with Crippen LogP contribution in [0.3, 0.4) is 0 Å². The van der Waals surface area contributed by atoms with Gasteiger partial charge in [-0.3, -0.25) is 4.72 Å². The molecule has 2 heterocycles. The van der Waals surface area contributed by atoms with Gasteiger partial charge in [0.2, 0.25) is 5.82 Å². The predicted molar refractivity (Wildman–Crippen MR) is 93.5 cm³/mol. The van der Waals surface area contributed by atoms with E-state index in [1.54, 1.807) is 6.07 Å².